The lowest BCUT2D eigenvalue weighted by Crippen LogP contribution is -2.26. The van der Waals surface area contributed by atoms with Crippen LogP contribution in [0.5, 0.6) is 0 Å². The first-order valence-electron chi connectivity index (χ1n) is 5.61. The van der Waals surface area contributed by atoms with Crippen LogP contribution in [0, 0.1) is 5.92 Å². The van der Waals surface area contributed by atoms with E-state index >= 15 is 0 Å². The van der Waals surface area contributed by atoms with Crippen LogP contribution >= 0.6 is 15.9 Å². The molecule has 1 aromatic rings. The molecule has 0 radical (unpaired) electrons. The molecule has 0 aliphatic rings. The van der Waals surface area contributed by atoms with E-state index in [0.717, 1.165) is 17.6 Å². The molecule has 16 heavy (non-hydrogen) atoms. The molecule has 0 heterocycles. The Morgan fingerprint density at radius 1 is 1.25 bits per heavy atom. The smallest absolute Gasteiger partial charge is 0.0499 e. The Labute approximate surface area is 107 Å². The maximum absolute atomic E-state index is 5.11. The molecule has 0 saturated carbocycles. The van der Waals surface area contributed by atoms with Gasteiger partial charge in [-0.15, -0.1) is 0 Å². The largest absolute Gasteiger partial charge is 0.384 e. The Hall–Kier alpha value is -0.380. The number of benzene rings is 1. The second-order valence-corrected chi connectivity index (χ2v) is 5.16. The fourth-order valence-electron chi connectivity index (χ4n) is 1.59. The van der Waals surface area contributed by atoms with Crippen molar-refractivity contribution in [3.05, 3.63) is 34.3 Å². The van der Waals surface area contributed by atoms with E-state index < -0.39 is 0 Å². The second kappa shape index (κ2) is 7.05. The van der Waals surface area contributed by atoms with Crippen LogP contribution in [0.25, 0.3) is 0 Å². The van der Waals surface area contributed by atoms with Crippen molar-refractivity contribution < 1.29 is 4.74 Å². The predicted octanol–water partition coefficient (Wildman–Crippen LogP) is 3.38. The molecule has 1 rings (SSSR count). The van der Waals surface area contributed by atoms with Gasteiger partial charge in [0.2, 0.25) is 0 Å². The summed E-state index contributed by atoms with van der Waals surface area (Å²) in [5.74, 6) is 0.544. The molecule has 0 aliphatic heterocycles. The van der Waals surface area contributed by atoms with Crippen molar-refractivity contribution in [1.82, 2.24) is 5.32 Å². The normalized spacial score (nSPS) is 14.8. The van der Waals surface area contributed by atoms with Crippen molar-refractivity contribution >= 4 is 15.9 Å². The highest BCUT2D eigenvalue weighted by atomic mass is 79.9. The Kier molecular flexibility index (Phi) is 6.03. The van der Waals surface area contributed by atoms with Crippen LogP contribution in [0.1, 0.15) is 25.5 Å². The van der Waals surface area contributed by atoms with E-state index in [9.17, 15) is 0 Å². The van der Waals surface area contributed by atoms with E-state index in [0.29, 0.717) is 12.0 Å². The number of halogens is 1. The van der Waals surface area contributed by atoms with Gasteiger partial charge in [-0.25, -0.2) is 0 Å². The first-order chi connectivity index (χ1) is 7.63. The molecule has 0 saturated heterocycles. The zero-order valence-corrected chi connectivity index (χ0v) is 11.8. The molecule has 0 fully saturated rings. The summed E-state index contributed by atoms with van der Waals surface area (Å²) in [4.78, 5) is 0. The highest BCUT2D eigenvalue weighted by Gasteiger charge is 2.07. The minimum atomic E-state index is 0.382. The van der Waals surface area contributed by atoms with E-state index in [2.05, 4.69) is 59.4 Å². The van der Waals surface area contributed by atoms with Gasteiger partial charge in [0, 0.05) is 30.8 Å². The van der Waals surface area contributed by atoms with E-state index in [4.69, 9.17) is 4.74 Å². The molecule has 1 N–H and O–H groups in total. The first kappa shape index (κ1) is 13.7. The molecule has 0 bridgehead atoms. The lowest BCUT2D eigenvalue weighted by molar-refractivity contribution is 0.157. The van der Waals surface area contributed by atoms with E-state index in [1.165, 1.54) is 5.56 Å². The summed E-state index contributed by atoms with van der Waals surface area (Å²) in [5, 5.41) is 3.51. The van der Waals surface area contributed by atoms with Crippen LogP contribution in [-0.4, -0.2) is 20.3 Å². The van der Waals surface area contributed by atoms with Gasteiger partial charge in [0.15, 0.2) is 0 Å². The minimum absolute atomic E-state index is 0.382. The highest BCUT2D eigenvalue weighted by molar-refractivity contribution is 9.10. The Bertz CT molecular complexity index is 299. The van der Waals surface area contributed by atoms with Crippen LogP contribution in [0.2, 0.25) is 0 Å². The number of methoxy groups -OCH3 is 1. The summed E-state index contributed by atoms with van der Waals surface area (Å²) in [7, 11) is 1.74. The van der Waals surface area contributed by atoms with Crippen molar-refractivity contribution in [2.75, 3.05) is 20.3 Å². The van der Waals surface area contributed by atoms with Crippen LogP contribution in [0.15, 0.2) is 28.7 Å². The number of ether oxygens (including phenoxy) is 1. The van der Waals surface area contributed by atoms with Crippen molar-refractivity contribution in [3.63, 3.8) is 0 Å². The Balaban J connectivity index is 2.40. The third-order valence-corrected chi connectivity index (χ3v) is 3.12. The number of rotatable bonds is 6. The molecular formula is C13H20BrNO. The SMILES string of the molecule is COCC(C)CN[C@@H](C)c1ccc(Br)cc1. The van der Waals surface area contributed by atoms with Crippen molar-refractivity contribution in [2.45, 2.75) is 19.9 Å². The van der Waals surface area contributed by atoms with Gasteiger partial charge in [0.25, 0.3) is 0 Å². The molecule has 1 unspecified atom stereocenters. The van der Waals surface area contributed by atoms with Gasteiger partial charge >= 0.3 is 0 Å². The first-order valence-corrected chi connectivity index (χ1v) is 6.40. The van der Waals surface area contributed by atoms with Crippen molar-refractivity contribution in [2.24, 2.45) is 5.92 Å². The molecule has 3 heteroatoms. The molecular weight excluding hydrogens is 266 g/mol. The number of hydrogen-bond donors (Lipinski definition) is 1. The Morgan fingerprint density at radius 2 is 1.88 bits per heavy atom. The molecule has 0 aliphatic carbocycles. The quantitative estimate of drug-likeness (QED) is 0.865. The lowest BCUT2D eigenvalue weighted by Gasteiger charge is -2.17. The molecule has 2 atom stereocenters. The van der Waals surface area contributed by atoms with Crippen LogP contribution in [0.3, 0.4) is 0 Å². The van der Waals surface area contributed by atoms with Crippen molar-refractivity contribution in [1.29, 1.82) is 0 Å². The van der Waals surface area contributed by atoms with Crippen LogP contribution < -0.4 is 5.32 Å². The topological polar surface area (TPSA) is 21.3 Å². The summed E-state index contributed by atoms with van der Waals surface area (Å²) in [6, 6.07) is 8.82. The van der Waals surface area contributed by atoms with Gasteiger partial charge < -0.3 is 10.1 Å². The molecule has 0 aromatic heterocycles. The number of nitrogens with one attached hydrogen (secondary N) is 1. The molecule has 1 aromatic carbocycles. The van der Waals surface area contributed by atoms with E-state index in [1.807, 2.05) is 0 Å². The van der Waals surface area contributed by atoms with Gasteiger partial charge in [-0.1, -0.05) is 35.0 Å². The maximum Gasteiger partial charge on any atom is 0.0499 e. The molecule has 90 valence electrons. The highest BCUT2D eigenvalue weighted by Crippen LogP contribution is 2.16. The zero-order valence-electron chi connectivity index (χ0n) is 10.2. The summed E-state index contributed by atoms with van der Waals surface area (Å²) in [6.45, 7) is 6.15. The fraction of sp³-hybridized carbons (Fsp3) is 0.538. The van der Waals surface area contributed by atoms with E-state index in [1.54, 1.807) is 7.11 Å². The maximum atomic E-state index is 5.11. The number of hydrogen-bond acceptors (Lipinski definition) is 2. The van der Waals surface area contributed by atoms with E-state index in [-0.39, 0.29) is 0 Å². The summed E-state index contributed by atoms with van der Waals surface area (Å²) in [5.41, 5.74) is 1.31. The lowest BCUT2D eigenvalue weighted by atomic mass is 10.1. The predicted molar refractivity (Wildman–Crippen MR) is 71.6 cm³/mol. The van der Waals surface area contributed by atoms with Gasteiger partial charge in [-0.05, 0) is 30.5 Å². The summed E-state index contributed by atoms with van der Waals surface area (Å²) in [6.07, 6.45) is 0. The average Bonchev–Trinajstić information content (AvgIpc) is 2.27. The van der Waals surface area contributed by atoms with Crippen LogP contribution in [0.4, 0.5) is 0 Å². The van der Waals surface area contributed by atoms with Gasteiger partial charge in [0.05, 0.1) is 0 Å². The van der Waals surface area contributed by atoms with Gasteiger partial charge in [-0.2, -0.15) is 0 Å². The van der Waals surface area contributed by atoms with Crippen molar-refractivity contribution in [3.8, 4) is 0 Å². The second-order valence-electron chi connectivity index (χ2n) is 4.24. The summed E-state index contributed by atoms with van der Waals surface area (Å²) < 4.78 is 6.23. The fourth-order valence-corrected chi connectivity index (χ4v) is 1.86. The van der Waals surface area contributed by atoms with Gasteiger partial charge in [-0.3, -0.25) is 0 Å². The molecule has 2 nitrogen and oxygen atoms in total. The Morgan fingerprint density at radius 3 is 2.44 bits per heavy atom. The molecule has 0 spiro atoms. The third kappa shape index (κ3) is 4.64. The standard InChI is InChI=1S/C13H20BrNO/c1-10(9-16-3)8-15-11(2)12-4-6-13(14)7-5-12/h4-7,10-11,15H,8-9H2,1-3H3/t10?,11-/m0/s1. The van der Waals surface area contributed by atoms with Crippen LogP contribution in [-0.2, 0) is 4.74 Å². The zero-order chi connectivity index (χ0) is 12.0. The summed E-state index contributed by atoms with van der Waals surface area (Å²) >= 11 is 3.44. The minimum Gasteiger partial charge on any atom is -0.384 e. The third-order valence-electron chi connectivity index (χ3n) is 2.59. The average molecular weight is 286 g/mol. The molecule has 0 amide bonds. The van der Waals surface area contributed by atoms with Gasteiger partial charge in [0.1, 0.15) is 0 Å². The monoisotopic (exact) mass is 285 g/mol.